The number of rotatable bonds is 2. The van der Waals surface area contributed by atoms with Crippen LogP contribution in [0.5, 0.6) is 11.5 Å². The van der Waals surface area contributed by atoms with Gasteiger partial charge in [0.05, 0.1) is 18.6 Å². The Morgan fingerprint density at radius 3 is 2.84 bits per heavy atom. The van der Waals surface area contributed by atoms with Crippen molar-refractivity contribution in [2.75, 3.05) is 19.0 Å². The minimum absolute atomic E-state index is 0.102. The second kappa shape index (κ2) is 5.57. The molecule has 0 fully saturated rings. The van der Waals surface area contributed by atoms with E-state index in [1.807, 2.05) is 0 Å². The van der Waals surface area contributed by atoms with E-state index in [1.165, 1.54) is 7.11 Å². The maximum atomic E-state index is 13.0. The molecule has 0 bridgehead atoms. The summed E-state index contributed by atoms with van der Waals surface area (Å²) >= 11 is 3.34. The number of carbonyl (C=O) groups is 2. The molecule has 0 aliphatic carbocycles. The lowest BCUT2D eigenvalue weighted by Gasteiger charge is -2.33. The van der Waals surface area contributed by atoms with Crippen LogP contribution in [0.25, 0.3) is 0 Å². The average molecular weight is 404 g/mol. The fourth-order valence-corrected chi connectivity index (χ4v) is 3.69. The van der Waals surface area contributed by atoms with E-state index in [2.05, 4.69) is 21.2 Å². The predicted octanol–water partition coefficient (Wildman–Crippen LogP) is 2.49. The van der Waals surface area contributed by atoms with Crippen molar-refractivity contribution in [3.05, 3.63) is 52.0 Å². The van der Waals surface area contributed by atoms with E-state index in [1.54, 1.807) is 36.4 Å². The third-order valence-corrected chi connectivity index (χ3v) is 5.16. The maximum Gasteiger partial charge on any atom is 0.262 e. The topological polar surface area (TPSA) is 84.9 Å². The summed E-state index contributed by atoms with van der Waals surface area (Å²) < 4.78 is 11.5. The van der Waals surface area contributed by atoms with Crippen LogP contribution < -0.4 is 14.8 Å². The molecule has 2 heterocycles. The number of ketones is 1. The summed E-state index contributed by atoms with van der Waals surface area (Å²) in [7, 11) is 1.52. The van der Waals surface area contributed by atoms with Crippen molar-refractivity contribution in [3.63, 3.8) is 0 Å². The van der Waals surface area contributed by atoms with Crippen LogP contribution in [-0.2, 0) is 10.4 Å². The van der Waals surface area contributed by atoms with Crippen LogP contribution in [0.1, 0.15) is 15.9 Å². The molecule has 0 saturated heterocycles. The van der Waals surface area contributed by atoms with E-state index in [-0.39, 0.29) is 12.4 Å². The van der Waals surface area contributed by atoms with Crippen molar-refractivity contribution in [3.8, 4) is 11.5 Å². The lowest BCUT2D eigenvalue weighted by atomic mass is 9.77. The number of Topliss-reactive ketones (excluding diaryl/α,β-unsaturated/α-hetero) is 1. The van der Waals surface area contributed by atoms with Gasteiger partial charge in [0.25, 0.3) is 5.91 Å². The van der Waals surface area contributed by atoms with Crippen LogP contribution in [0.4, 0.5) is 5.69 Å². The summed E-state index contributed by atoms with van der Waals surface area (Å²) in [6.45, 7) is -0.102. The summed E-state index contributed by atoms with van der Waals surface area (Å²) in [5.74, 6) is -1.05. The lowest BCUT2D eigenvalue weighted by molar-refractivity contribution is -0.139. The SMILES string of the molecule is COc1ccc2c(c1)OC[C@@H]([C@]1(O)C(=O)Nc3ccc(Br)cc31)C2=O. The predicted molar refractivity (Wildman–Crippen MR) is 93.0 cm³/mol. The zero-order chi connectivity index (χ0) is 17.8. The molecule has 7 heteroatoms. The number of methoxy groups -OCH3 is 1. The van der Waals surface area contributed by atoms with Gasteiger partial charge in [0.15, 0.2) is 11.4 Å². The van der Waals surface area contributed by atoms with Crippen molar-refractivity contribution in [2.45, 2.75) is 5.60 Å². The molecule has 2 N–H and O–H groups in total. The van der Waals surface area contributed by atoms with Gasteiger partial charge in [-0.3, -0.25) is 9.59 Å². The van der Waals surface area contributed by atoms with Crippen molar-refractivity contribution >= 4 is 33.3 Å². The first-order chi connectivity index (χ1) is 11.9. The monoisotopic (exact) mass is 403 g/mol. The first-order valence-corrected chi connectivity index (χ1v) is 8.43. The van der Waals surface area contributed by atoms with Gasteiger partial charge in [-0.05, 0) is 30.3 Å². The number of nitrogens with one attached hydrogen (secondary N) is 1. The number of amides is 1. The zero-order valence-corrected chi connectivity index (χ0v) is 14.8. The molecular weight excluding hydrogens is 390 g/mol. The summed E-state index contributed by atoms with van der Waals surface area (Å²) in [6, 6.07) is 9.93. The Morgan fingerprint density at radius 2 is 2.08 bits per heavy atom. The van der Waals surface area contributed by atoms with E-state index >= 15 is 0 Å². The molecule has 2 atom stereocenters. The smallest absolute Gasteiger partial charge is 0.262 e. The largest absolute Gasteiger partial charge is 0.497 e. The van der Waals surface area contributed by atoms with Gasteiger partial charge in [0.1, 0.15) is 18.1 Å². The van der Waals surface area contributed by atoms with Gasteiger partial charge in [-0.25, -0.2) is 0 Å². The van der Waals surface area contributed by atoms with Crippen LogP contribution in [0, 0.1) is 5.92 Å². The number of hydrogen-bond acceptors (Lipinski definition) is 5. The first-order valence-electron chi connectivity index (χ1n) is 7.64. The van der Waals surface area contributed by atoms with Gasteiger partial charge >= 0.3 is 0 Å². The molecule has 0 spiro atoms. The minimum atomic E-state index is -1.98. The second-order valence-corrected chi connectivity index (χ2v) is 6.92. The standard InChI is InChI=1S/C18H14BrNO5/c1-24-10-3-4-11-15(7-10)25-8-13(16(11)21)18(23)12-6-9(19)2-5-14(12)20-17(18)22/h2-7,13,23H,8H2,1H3,(H,20,22)/t13-,18+/m1/s1. The van der Waals surface area contributed by atoms with Crippen molar-refractivity contribution in [1.29, 1.82) is 0 Å². The molecule has 0 unspecified atom stereocenters. The molecule has 0 saturated carbocycles. The number of carbonyl (C=O) groups excluding carboxylic acids is 2. The van der Waals surface area contributed by atoms with E-state index in [0.717, 1.165) is 0 Å². The molecule has 0 radical (unpaired) electrons. The third kappa shape index (κ3) is 2.26. The summed E-state index contributed by atoms with van der Waals surface area (Å²) in [5, 5.41) is 13.8. The second-order valence-electron chi connectivity index (χ2n) is 6.00. The summed E-state index contributed by atoms with van der Waals surface area (Å²) in [4.78, 5) is 25.5. The molecule has 2 aromatic rings. The van der Waals surface area contributed by atoms with Crippen LogP contribution in [0.2, 0.25) is 0 Å². The Morgan fingerprint density at radius 1 is 1.28 bits per heavy atom. The van der Waals surface area contributed by atoms with Crippen LogP contribution >= 0.6 is 15.9 Å². The molecule has 2 aromatic carbocycles. The molecule has 4 rings (SSSR count). The highest BCUT2D eigenvalue weighted by molar-refractivity contribution is 9.10. The van der Waals surface area contributed by atoms with Gasteiger partial charge in [0.2, 0.25) is 0 Å². The first kappa shape index (κ1) is 16.1. The highest BCUT2D eigenvalue weighted by atomic mass is 79.9. The number of benzene rings is 2. The van der Waals surface area contributed by atoms with E-state index in [0.29, 0.717) is 32.8 Å². The fraction of sp³-hybridized carbons (Fsp3) is 0.222. The Hall–Kier alpha value is -2.38. The van der Waals surface area contributed by atoms with E-state index in [9.17, 15) is 14.7 Å². The molecule has 2 aliphatic heterocycles. The van der Waals surface area contributed by atoms with Crippen molar-refractivity contribution in [1.82, 2.24) is 0 Å². The highest BCUT2D eigenvalue weighted by Crippen LogP contribution is 2.45. The molecular formula is C18H14BrNO5. The molecule has 25 heavy (non-hydrogen) atoms. The Labute approximate surface area is 151 Å². The average Bonchev–Trinajstić information content (AvgIpc) is 2.86. The molecule has 6 nitrogen and oxygen atoms in total. The highest BCUT2D eigenvalue weighted by Gasteiger charge is 2.55. The number of fused-ring (bicyclic) bond motifs is 2. The molecule has 1 amide bonds. The summed E-state index contributed by atoms with van der Waals surface area (Å²) in [5.41, 5.74) is -0.801. The van der Waals surface area contributed by atoms with E-state index < -0.39 is 17.4 Å². The quantitative estimate of drug-likeness (QED) is 0.804. The maximum absolute atomic E-state index is 13.0. The molecule has 128 valence electrons. The Bertz CT molecular complexity index is 912. The molecule has 2 aliphatic rings. The lowest BCUT2D eigenvalue weighted by Crippen LogP contribution is -2.49. The summed E-state index contributed by atoms with van der Waals surface area (Å²) in [6.07, 6.45) is 0. The van der Waals surface area contributed by atoms with Crippen molar-refractivity contribution < 1.29 is 24.2 Å². The van der Waals surface area contributed by atoms with Crippen LogP contribution in [0.3, 0.4) is 0 Å². The fourth-order valence-electron chi connectivity index (χ4n) is 3.33. The minimum Gasteiger partial charge on any atom is -0.497 e. The molecule has 0 aromatic heterocycles. The van der Waals surface area contributed by atoms with Crippen LogP contribution in [-0.4, -0.2) is 30.5 Å². The number of anilines is 1. The number of halogens is 1. The Kier molecular flexibility index (Phi) is 3.59. The van der Waals surface area contributed by atoms with Gasteiger partial charge in [-0.2, -0.15) is 0 Å². The third-order valence-electron chi connectivity index (χ3n) is 4.67. The van der Waals surface area contributed by atoms with Gasteiger partial charge in [-0.15, -0.1) is 0 Å². The van der Waals surface area contributed by atoms with Gasteiger partial charge < -0.3 is 19.9 Å². The Balaban J connectivity index is 1.79. The van der Waals surface area contributed by atoms with Gasteiger partial charge in [0, 0.05) is 21.8 Å². The van der Waals surface area contributed by atoms with Crippen LogP contribution in [0.15, 0.2) is 40.9 Å². The van der Waals surface area contributed by atoms with Crippen molar-refractivity contribution in [2.24, 2.45) is 5.92 Å². The van der Waals surface area contributed by atoms with Gasteiger partial charge in [-0.1, -0.05) is 15.9 Å². The zero-order valence-electron chi connectivity index (χ0n) is 13.2. The van der Waals surface area contributed by atoms with E-state index in [4.69, 9.17) is 9.47 Å². The number of aliphatic hydroxyl groups is 1. The number of hydrogen-bond donors (Lipinski definition) is 2. The number of ether oxygens (including phenoxy) is 2. The normalized spacial score (nSPS) is 24.2.